The van der Waals surface area contributed by atoms with Crippen molar-refractivity contribution in [3.63, 3.8) is 0 Å². The van der Waals surface area contributed by atoms with Crippen molar-refractivity contribution in [2.24, 2.45) is 0 Å². The lowest BCUT2D eigenvalue weighted by atomic mass is 10.0. The highest BCUT2D eigenvalue weighted by Crippen LogP contribution is 2.06. The van der Waals surface area contributed by atoms with Crippen LogP contribution >= 0.6 is 0 Å². The summed E-state index contributed by atoms with van der Waals surface area (Å²) in [6, 6.07) is 1.13. The van der Waals surface area contributed by atoms with E-state index in [1.165, 1.54) is 38.5 Å². The molecule has 0 rings (SSSR count). The molecular formula is C10H30N4+4. The molecule has 0 aromatic carbocycles. The smallest absolute Gasteiger partial charge is 0.134 e. The van der Waals surface area contributed by atoms with Crippen LogP contribution in [0, 0.1) is 0 Å². The number of unbranched alkanes of at least 4 members (excludes halogenated alkanes) is 3. The molecule has 0 fully saturated rings. The average Bonchev–Trinajstić information content (AvgIpc) is 2.22. The van der Waals surface area contributed by atoms with E-state index in [1.807, 2.05) is 0 Å². The van der Waals surface area contributed by atoms with E-state index in [1.54, 1.807) is 0 Å². The van der Waals surface area contributed by atoms with Gasteiger partial charge in [0.25, 0.3) is 0 Å². The Morgan fingerprint density at radius 3 is 1.29 bits per heavy atom. The lowest BCUT2D eigenvalue weighted by Crippen LogP contribution is -2.72. The molecule has 0 bridgehead atoms. The first-order chi connectivity index (χ1) is 6.70. The number of hydrogen-bond donors (Lipinski definition) is 4. The summed E-state index contributed by atoms with van der Waals surface area (Å²) >= 11 is 0. The molecule has 0 heterocycles. The lowest BCUT2D eigenvalue weighted by molar-refractivity contribution is -0.494. The van der Waals surface area contributed by atoms with Crippen LogP contribution in [0.1, 0.15) is 38.5 Å². The van der Waals surface area contributed by atoms with Gasteiger partial charge in [0.1, 0.15) is 25.2 Å². The van der Waals surface area contributed by atoms with Crippen LogP contribution in [-0.2, 0) is 0 Å². The lowest BCUT2D eigenvalue weighted by Gasteiger charge is -2.05. The van der Waals surface area contributed by atoms with Crippen LogP contribution in [0.25, 0.3) is 0 Å². The van der Waals surface area contributed by atoms with E-state index in [0.29, 0.717) is 12.1 Å². The zero-order chi connectivity index (χ0) is 10.8. The number of rotatable bonds is 9. The minimum absolute atomic E-state index is 0.565. The van der Waals surface area contributed by atoms with Crippen LogP contribution < -0.4 is 22.9 Å². The predicted molar refractivity (Wildman–Crippen MR) is 56.6 cm³/mol. The van der Waals surface area contributed by atoms with Crippen LogP contribution in [0.15, 0.2) is 0 Å². The third kappa shape index (κ3) is 8.44. The van der Waals surface area contributed by atoms with Gasteiger partial charge in [0, 0.05) is 12.8 Å². The molecular weight excluding hydrogens is 176 g/mol. The number of hydrogen-bond acceptors (Lipinski definition) is 0. The van der Waals surface area contributed by atoms with Crippen molar-refractivity contribution in [1.82, 2.24) is 0 Å². The van der Waals surface area contributed by atoms with Gasteiger partial charge < -0.3 is 22.9 Å². The fourth-order valence-electron chi connectivity index (χ4n) is 1.51. The summed E-state index contributed by atoms with van der Waals surface area (Å²) in [5.41, 5.74) is 15.8. The second-order valence-corrected chi connectivity index (χ2v) is 4.30. The predicted octanol–water partition coefficient (Wildman–Crippen LogP) is -2.97. The van der Waals surface area contributed by atoms with E-state index in [-0.39, 0.29) is 0 Å². The van der Waals surface area contributed by atoms with Crippen molar-refractivity contribution >= 4 is 0 Å². The molecule has 86 valence electrons. The molecule has 0 amide bonds. The Balaban J connectivity index is 3.06. The largest absolute Gasteiger partial charge is 0.353 e. The van der Waals surface area contributed by atoms with Gasteiger partial charge in [0.15, 0.2) is 0 Å². The maximum absolute atomic E-state index is 4.04. The van der Waals surface area contributed by atoms with Gasteiger partial charge in [0.2, 0.25) is 0 Å². The Labute approximate surface area is 87.4 Å². The SMILES string of the molecule is [NH3+]CC([NH3+])CCCCCCC([NH3+])C[NH3+]. The molecule has 14 heavy (non-hydrogen) atoms. The molecule has 12 N–H and O–H groups in total. The minimum Gasteiger partial charge on any atom is -0.353 e. The van der Waals surface area contributed by atoms with Crippen molar-refractivity contribution in [2.75, 3.05) is 13.1 Å². The topological polar surface area (TPSA) is 111 Å². The third-order valence-corrected chi connectivity index (χ3v) is 2.79. The summed E-state index contributed by atoms with van der Waals surface area (Å²) in [7, 11) is 0. The highest BCUT2D eigenvalue weighted by Gasteiger charge is 2.06. The Morgan fingerprint density at radius 1 is 0.643 bits per heavy atom. The molecule has 0 saturated heterocycles. The molecule has 2 unspecified atom stereocenters. The molecule has 0 aromatic rings. The second kappa shape index (κ2) is 9.40. The van der Waals surface area contributed by atoms with Crippen molar-refractivity contribution in [2.45, 2.75) is 50.6 Å². The Kier molecular flexibility index (Phi) is 9.29. The van der Waals surface area contributed by atoms with Gasteiger partial charge in [-0.25, -0.2) is 0 Å². The van der Waals surface area contributed by atoms with Gasteiger partial charge in [-0.2, -0.15) is 0 Å². The van der Waals surface area contributed by atoms with Gasteiger partial charge >= 0.3 is 0 Å². The monoisotopic (exact) mass is 206 g/mol. The van der Waals surface area contributed by atoms with Crippen molar-refractivity contribution in [3.8, 4) is 0 Å². The molecule has 0 aliphatic heterocycles. The van der Waals surface area contributed by atoms with Crippen LogP contribution in [0.4, 0.5) is 0 Å². The van der Waals surface area contributed by atoms with Crippen LogP contribution in [0.2, 0.25) is 0 Å². The third-order valence-electron chi connectivity index (χ3n) is 2.79. The van der Waals surface area contributed by atoms with Crippen molar-refractivity contribution in [1.29, 1.82) is 0 Å². The highest BCUT2D eigenvalue weighted by atomic mass is 14.7. The van der Waals surface area contributed by atoms with E-state index in [9.17, 15) is 0 Å². The zero-order valence-electron chi connectivity index (χ0n) is 9.64. The Morgan fingerprint density at radius 2 is 1.00 bits per heavy atom. The average molecular weight is 206 g/mol. The van der Waals surface area contributed by atoms with E-state index < -0.39 is 0 Å². The van der Waals surface area contributed by atoms with Crippen LogP contribution in [0.3, 0.4) is 0 Å². The molecule has 0 spiro atoms. The maximum atomic E-state index is 4.04. The van der Waals surface area contributed by atoms with Gasteiger partial charge in [-0.05, 0) is 12.8 Å². The Hall–Kier alpha value is -0.160. The first-order valence-electron chi connectivity index (χ1n) is 5.95. The van der Waals surface area contributed by atoms with E-state index in [0.717, 1.165) is 13.1 Å². The molecule has 0 aliphatic rings. The van der Waals surface area contributed by atoms with Gasteiger partial charge in [-0.3, -0.25) is 0 Å². The molecule has 2 atom stereocenters. The molecule has 0 radical (unpaired) electrons. The van der Waals surface area contributed by atoms with Crippen molar-refractivity contribution in [3.05, 3.63) is 0 Å². The first-order valence-corrected chi connectivity index (χ1v) is 5.95. The summed E-state index contributed by atoms with van der Waals surface area (Å²) in [4.78, 5) is 0. The van der Waals surface area contributed by atoms with Gasteiger partial charge in [-0.15, -0.1) is 0 Å². The minimum atomic E-state index is 0.565. The fourth-order valence-corrected chi connectivity index (χ4v) is 1.51. The molecule has 4 heteroatoms. The Bertz CT molecular complexity index is 105. The van der Waals surface area contributed by atoms with Gasteiger partial charge in [0.05, 0.1) is 0 Å². The summed E-state index contributed by atoms with van der Waals surface area (Å²) in [5.74, 6) is 0. The standard InChI is InChI=1S/C10H26N4/c11-7-9(13)5-3-1-2-4-6-10(14)8-12/h9-10H,1-8,11-14H2/p+4. The van der Waals surface area contributed by atoms with E-state index in [4.69, 9.17) is 0 Å². The summed E-state index contributed by atoms with van der Waals surface area (Å²) in [6.45, 7) is 1.95. The van der Waals surface area contributed by atoms with E-state index >= 15 is 0 Å². The normalized spacial score (nSPS) is 15.4. The van der Waals surface area contributed by atoms with Gasteiger partial charge in [-0.1, -0.05) is 12.8 Å². The molecule has 0 aliphatic carbocycles. The van der Waals surface area contributed by atoms with Crippen LogP contribution in [-0.4, -0.2) is 25.2 Å². The first kappa shape index (κ1) is 13.8. The summed E-state index contributed by atoms with van der Waals surface area (Å²) in [6.07, 6.45) is 7.80. The number of quaternary nitrogens is 4. The second-order valence-electron chi connectivity index (χ2n) is 4.30. The maximum Gasteiger partial charge on any atom is 0.134 e. The molecule has 4 nitrogen and oxygen atoms in total. The van der Waals surface area contributed by atoms with Crippen molar-refractivity contribution < 1.29 is 22.9 Å². The zero-order valence-corrected chi connectivity index (χ0v) is 9.64. The summed E-state index contributed by atoms with van der Waals surface area (Å²) < 4.78 is 0. The quantitative estimate of drug-likeness (QED) is 0.289. The molecule has 0 saturated carbocycles. The fraction of sp³-hybridized carbons (Fsp3) is 1.00. The summed E-state index contributed by atoms with van der Waals surface area (Å²) in [5, 5.41) is 0. The highest BCUT2D eigenvalue weighted by molar-refractivity contribution is 4.54. The van der Waals surface area contributed by atoms with Crippen LogP contribution in [0.5, 0.6) is 0 Å². The molecule has 0 aromatic heterocycles. The van der Waals surface area contributed by atoms with E-state index in [2.05, 4.69) is 22.9 Å².